The fraction of sp³-hybridized carbons (Fsp3) is 0.571. The lowest BCUT2D eigenvalue weighted by atomic mass is 10.4. The molecule has 0 bridgehead atoms. The van der Waals surface area contributed by atoms with Crippen molar-refractivity contribution < 1.29 is 4.79 Å². The standard InChI is InChI=1S/C7H11ClN4O/c8-3-1-7(13)9-4-2-6-10-5-11-12-6/h5H,1-4H2,(H,9,13)(H,10,11,12). The van der Waals surface area contributed by atoms with Gasteiger partial charge in [-0.3, -0.25) is 9.89 Å². The molecule has 0 saturated heterocycles. The van der Waals surface area contributed by atoms with Gasteiger partial charge in [0, 0.05) is 25.3 Å². The van der Waals surface area contributed by atoms with Crippen molar-refractivity contribution in [1.29, 1.82) is 0 Å². The maximum Gasteiger partial charge on any atom is 0.221 e. The number of carbonyl (C=O) groups is 1. The van der Waals surface area contributed by atoms with Crippen molar-refractivity contribution in [2.45, 2.75) is 12.8 Å². The molecule has 0 aliphatic rings. The SMILES string of the molecule is O=C(CCCl)NCCc1ncn[nH]1. The van der Waals surface area contributed by atoms with Crippen molar-refractivity contribution in [2.75, 3.05) is 12.4 Å². The summed E-state index contributed by atoms with van der Waals surface area (Å²) >= 11 is 5.39. The van der Waals surface area contributed by atoms with Crippen LogP contribution in [0.5, 0.6) is 0 Å². The molecule has 72 valence electrons. The number of aromatic amines is 1. The molecule has 0 aromatic carbocycles. The van der Waals surface area contributed by atoms with Crippen molar-refractivity contribution in [3.8, 4) is 0 Å². The second-order valence-electron chi connectivity index (χ2n) is 2.47. The minimum atomic E-state index is -0.0329. The van der Waals surface area contributed by atoms with Crippen LogP contribution in [0.1, 0.15) is 12.2 Å². The second kappa shape index (κ2) is 5.53. The van der Waals surface area contributed by atoms with E-state index in [-0.39, 0.29) is 5.91 Å². The van der Waals surface area contributed by atoms with Crippen LogP contribution >= 0.6 is 11.6 Å². The summed E-state index contributed by atoms with van der Waals surface area (Å²) in [6, 6.07) is 0. The highest BCUT2D eigenvalue weighted by atomic mass is 35.5. The molecule has 0 aliphatic heterocycles. The van der Waals surface area contributed by atoms with Crippen LogP contribution < -0.4 is 5.32 Å². The molecule has 1 amide bonds. The van der Waals surface area contributed by atoms with Gasteiger partial charge in [-0.15, -0.1) is 11.6 Å². The van der Waals surface area contributed by atoms with Crippen LogP contribution in [0.2, 0.25) is 0 Å². The molecule has 1 rings (SSSR count). The van der Waals surface area contributed by atoms with Crippen LogP contribution in [0.4, 0.5) is 0 Å². The Labute approximate surface area is 80.9 Å². The molecule has 0 saturated carbocycles. The molecule has 6 heteroatoms. The maximum atomic E-state index is 10.9. The van der Waals surface area contributed by atoms with Gasteiger partial charge in [-0.2, -0.15) is 5.10 Å². The lowest BCUT2D eigenvalue weighted by molar-refractivity contribution is -0.120. The molecule has 0 spiro atoms. The van der Waals surface area contributed by atoms with Gasteiger partial charge < -0.3 is 5.32 Å². The average Bonchev–Trinajstić information content (AvgIpc) is 2.57. The van der Waals surface area contributed by atoms with Gasteiger partial charge >= 0.3 is 0 Å². The summed E-state index contributed by atoms with van der Waals surface area (Å²) in [6.45, 7) is 0.560. The fourth-order valence-electron chi connectivity index (χ4n) is 0.846. The first-order valence-electron chi connectivity index (χ1n) is 4.00. The largest absolute Gasteiger partial charge is 0.356 e. The Bertz CT molecular complexity index is 249. The molecule has 1 aromatic rings. The molecule has 1 aromatic heterocycles. The zero-order valence-corrected chi connectivity index (χ0v) is 7.84. The van der Waals surface area contributed by atoms with Crippen molar-refractivity contribution in [1.82, 2.24) is 20.5 Å². The number of hydrogen-bond acceptors (Lipinski definition) is 3. The molecule has 0 fully saturated rings. The van der Waals surface area contributed by atoms with E-state index in [0.29, 0.717) is 25.3 Å². The number of alkyl halides is 1. The van der Waals surface area contributed by atoms with E-state index in [9.17, 15) is 4.79 Å². The number of carbonyl (C=O) groups excluding carboxylic acids is 1. The normalized spacial score (nSPS) is 9.92. The number of H-pyrrole nitrogens is 1. The monoisotopic (exact) mass is 202 g/mol. The first-order valence-corrected chi connectivity index (χ1v) is 4.53. The van der Waals surface area contributed by atoms with Crippen molar-refractivity contribution in [3.05, 3.63) is 12.2 Å². The predicted molar refractivity (Wildman–Crippen MR) is 48.4 cm³/mol. The second-order valence-corrected chi connectivity index (χ2v) is 2.85. The van der Waals surface area contributed by atoms with Crippen molar-refractivity contribution >= 4 is 17.5 Å². The average molecular weight is 203 g/mol. The quantitative estimate of drug-likeness (QED) is 0.665. The topological polar surface area (TPSA) is 70.7 Å². The van der Waals surface area contributed by atoms with Crippen LogP contribution in [0.25, 0.3) is 0 Å². The third-order valence-electron chi connectivity index (χ3n) is 1.47. The zero-order valence-electron chi connectivity index (χ0n) is 7.09. The van der Waals surface area contributed by atoms with Gasteiger partial charge in [-0.25, -0.2) is 4.98 Å². The van der Waals surface area contributed by atoms with Gasteiger partial charge in [0.1, 0.15) is 12.2 Å². The van der Waals surface area contributed by atoms with E-state index in [1.54, 1.807) is 0 Å². The van der Waals surface area contributed by atoms with Gasteiger partial charge in [0.2, 0.25) is 5.91 Å². The third-order valence-corrected chi connectivity index (χ3v) is 1.66. The van der Waals surface area contributed by atoms with E-state index in [2.05, 4.69) is 20.5 Å². The van der Waals surface area contributed by atoms with Crippen LogP contribution in [-0.2, 0) is 11.2 Å². The molecule has 0 unspecified atom stereocenters. The molecule has 0 radical (unpaired) electrons. The highest BCUT2D eigenvalue weighted by Crippen LogP contribution is 1.87. The van der Waals surface area contributed by atoms with Gasteiger partial charge in [-0.1, -0.05) is 0 Å². The molecule has 5 nitrogen and oxygen atoms in total. The summed E-state index contributed by atoms with van der Waals surface area (Å²) in [4.78, 5) is 14.8. The first kappa shape index (κ1) is 9.98. The Balaban J connectivity index is 2.11. The Morgan fingerprint density at radius 2 is 2.54 bits per heavy atom. The summed E-state index contributed by atoms with van der Waals surface area (Å²) in [5, 5.41) is 9.10. The minimum absolute atomic E-state index is 0.0329. The smallest absolute Gasteiger partial charge is 0.221 e. The van der Waals surface area contributed by atoms with Crippen molar-refractivity contribution in [2.24, 2.45) is 0 Å². The highest BCUT2D eigenvalue weighted by Gasteiger charge is 1.99. The van der Waals surface area contributed by atoms with Crippen molar-refractivity contribution in [3.63, 3.8) is 0 Å². The van der Waals surface area contributed by atoms with Gasteiger partial charge in [0.15, 0.2) is 0 Å². The summed E-state index contributed by atoms with van der Waals surface area (Å²) in [5.74, 6) is 1.09. The Morgan fingerprint density at radius 1 is 1.69 bits per heavy atom. The van der Waals surface area contributed by atoms with Gasteiger partial charge in [-0.05, 0) is 0 Å². The van der Waals surface area contributed by atoms with Gasteiger partial charge in [0.25, 0.3) is 0 Å². The van der Waals surface area contributed by atoms with Crippen LogP contribution in [0.15, 0.2) is 6.33 Å². The molecular formula is C7H11ClN4O. The third kappa shape index (κ3) is 3.89. The molecule has 1 heterocycles. The lowest BCUT2D eigenvalue weighted by Gasteiger charge is -2.00. The van der Waals surface area contributed by atoms with Crippen LogP contribution in [0.3, 0.4) is 0 Å². The summed E-state index contributed by atoms with van der Waals surface area (Å²) in [5.41, 5.74) is 0. The number of nitrogens with one attached hydrogen (secondary N) is 2. The minimum Gasteiger partial charge on any atom is -0.356 e. The molecule has 2 N–H and O–H groups in total. The summed E-state index contributed by atoms with van der Waals surface area (Å²) in [6.07, 6.45) is 2.46. The number of hydrogen-bond donors (Lipinski definition) is 2. The molecule has 0 atom stereocenters. The maximum absolute atomic E-state index is 10.9. The highest BCUT2D eigenvalue weighted by molar-refractivity contribution is 6.18. The predicted octanol–water partition coefficient (Wildman–Crippen LogP) is 0.0923. The Kier molecular flexibility index (Phi) is 4.25. The molecule has 13 heavy (non-hydrogen) atoms. The summed E-state index contributed by atoms with van der Waals surface area (Å²) in [7, 11) is 0. The number of halogens is 1. The number of aromatic nitrogens is 3. The van der Waals surface area contributed by atoms with Gasteiger partial charge in [0.05, 0.1) is 0 Å². The summed E-state index contributed by atoms with van der Waals surface area (Å²) < 4.78 is 0. The van der Waals surface area contributed by atoms with E-state index in [1.165, 1.54) is 6.33 Å². The Morgan fingerprint density at radius 3 is 3.15 bits per heavy atom. The molecule has 0 aliphatic carbocycles. The fourth-order valence-corrected chi connectivity index (χ4v) is 1.02. The van der Waals surface area contributed by atoms with E-state index in [1.807, 2.05) is 0 Å². The number of rotatable bonds is 5. The lowest BCUT2D eigenvalue weighted by Crippen LogP contribution is -2.25. The van der Waals surface area contributed by atoms with E-state index in [0.717, 1.165) is 5.82 Å². The number of nitrogens with zero attached hydrogens (tertiary/aromatic N) is 2. The van der Waals surface area contributed by atoms with E-state index in [4.69, 9.17) is 11.6 Å². The first-order chi connectivity index (χ1) is 6.33. The Hall–Kier alpha value is -1.10. The molecular weight excluding hydrogens is 192 g/mol. The van der Waals surface area contributed by atoms with E-state index >= 15 is 0 Å². The van der Waals surface area contributed by atoms with Crippen LogP contribution in [-0.4, -0.2) is 33.5 Å². The van der Waals surface area contributed by atoms with Crippen LogP contribution in [0, 0.1) is 0 Å². The number of amides is 1. The van der Waals surface area contributed by atoms with E-state index < -0.39 is 0 Å². The zero-order chi connectivity index (χ0) is 9.52.